The molecule has 0 radical (unpaired) electrons. The van der Waals surface area contributed by atoms with Crippen LogP contribution in [0.25, 0.3) is 0 Å². The zero-order valence-corrected chi connectivity index (χ0v) is 13.8. The van der Waals surface area contributed by atoms with Gasteiger partial charge in [-0.1, -0.05) is 13.8 Å². The van der Waals surface area contributed by atoms with E-state index in [0.717, 1.165) is 5.69 Å². The van der Waals surface area contributed by atoms with Crippen molar-refractivity contribution in [1.82, 2.24) is 10.3 Å². The summed E-state index contributed by atoms with van der Waals surface area (Å²) in [5.41, 5.74) is 1.03. The van der Waals surface area contributed by atoms with Gasteiger partial charge in [0.1, 0.15) is 6.04 Å². The average Bonchev–Trinajstić information content (AvgIpc) is 2.51. The Morgan fingerprint density at radius 1 is 1.26 bits per heavy atom. The summed E-state index contributed by atoms with van der Waals surface area (Å²) in [6.45, 7) is 5.17. The highest BCUT2D eigenvalue weighted by molar-refractivity contribution is 5.91. The predicted octanol–water partition coefficient (Wildman–Crippen LogP) is 1.25. The number of ether oxygens (including phenoxy) is 2. The number of pyridine rings is 1. The molecule has 0 aliphatic carbocycles. The SMILES string of the molecule is COC(=O)C(CC(C)C)NC(=O)COC(=O)c1ccc(C)nc1. The van der Waals surface area contributed by atoms with Gasteiger partial charge in [0.15, 0.2) is 6.61 Å². The minimum Gasteiger partial charge on any atom is -0.467 e. The highest BCUT2D eigenvalue weighted by Gasteiger charge is 2.23. The van der Waals surface area contributed by atoms with Gasteiger partial charge < -0.3 is 14.8 Å². The number of rotatable bonds is 7. The van der Waals surface area contributed by atoms with Crippen molar-refractivity contribution in [2.24, 2.45) is 5.92 Å². The number of hydrogen-bond donors (Lipinski definition) is 1. The number of carbonyl (C=O) groups is 3. The largest absolute Gasteiger partial charge is 0.467 e. The van der Waals surface area contributed by atoms with Crippen molar-refractivity contribution >= 4 is 17.8 Å². The first-order valence-electron chi connectivity index (χ1n) is 7.30. The number of aryl methyl sites for hydroxylation is 1. The second-order valence-corrected chi connectivity index (χ2v) is 5.54. The molecule has 0 saturated carbocycles. The van der Waals surface area contributed by atoms with E-state index in [1.54, 1.807) is 19.1 Å². The maximum absolute atomic E-state index is 11.8. The fraction of sp³-hybridized carbons (Fsp3) is 0.500. The quantitative estimate of drug-likeness (QED) is 0.759. The topological polar surface area (TPSA) is 94.6 Å². The minimum atomic E-state index is -0.757. The Bertz CT molecular complexity index is 554. The number of methoxy groups -OCH3 is 1. The molecule has 7 heteroatoms. The molecule has 1 amide bonds. The van der Waals surface area contributed by atoms with E-state index in [1.165, 1.54) is 13.3 Å². The molecular formula is C16H22N2O5. The van der Waals surface area contributed by atoms with Gasteiger partial charge in [-0.05, 0) is 31.4 Å². The van der Waals surface area contributed by atoms with Crippen molar-refractivity contribution in [1.29, 1.82) is 0 Å². The number of nitrogens with one attached hydrogen (secondary N) is 1. The van der Waals surface area contributed by atoms with Crippen molar-refractivity contribution in [2.75, 3.05) is 13.7 Å². The summed E-state index contributed by atoms with van der Waals surface area (Å²) >= 11 is 0. The second kappa shape index (κ2) is 8.87. The van der Waals surface area contributed by atoms with Crippen molar-refractivity contribution in [2.45, 2.75) is 33.2 Å². The molecule has 0 saturated heterocycles. The summed E-state index contributed by atoms with van der Waals surface area (Å²) < 4.78 is 9.56. The maximum Gasteiger partial charge on any atom is 0.340 e. The molecule has 0 aromatic carbocycles. The van der Waals surface area contributed by atoms with Gasteiger partial charge in [0.05, 0.1) is 12.7 Å². The van der Waals surface area contributed by atoms with Crippen LogP contribution in [0.3, 0.4) is 0 Å². The van der Waals surface area contributed by atoms with Gasteiger partial charge >= 0.3 is 11.9 Å². The second-order valence-electron chi connectivity index (χ2n) is 5.54. The van der Waals surface area contributed by atoms with E-state index in [1.807, 2.05) is 13.8 Å². The fourth-order valence-corrected chi connectivity index (χ4v) is 1.87. The summed E-state index contributed by atoms with van der Waals surface area (Å²) in [5, 5.41) is 2.51. The highest BCUT2D eigenvalue weighted by atomic mass is 16.5. The predicted molar refractivity (Wildman–Crippen MR) is 82.7 cm³/mol. The Hall–Kier alpha value is -2.44. The van der Waals surface area contributed by atoms with Crippen LogP contribution in [-0.2, 0) is 19.1 Å². The molecular weight excluding hydrogens is 300 g/mol. The smallest absolute Gasteiger partial charge is 0.340 e. The van der Waals surface area contributed by atoms with Crippen LogP contribution in [0.1, 0.15) is 36.3 Å². The van der Waals surface area contributed by atoms with E-state index < -0.39 is 30.5 Å². The molecule has 0 aliphatic heterocycles. The number of carbonyl (C=O) groups excluding carboxylic acids is 3. The summed E-state index contributed by atoms with van der Waals surface area (Å²) in [6, 6.07) is 2.48. The van der Waals surface area contributed by atoms with Gasteiger partial charge in [0.25, 0.3) is 5.91 Å². The number of hydrogen-bond acceptors (Lipinski definition) is 6. The van der Waals surface area contributed by atoms with E-state index in [2.05, 4.69) is 15.0 Å². The zero-order valence-electron chi connectivity index (χ0n) is 13.8. The third-order valence-corrected chi connectivity index (χ3v) is 3.01. The monoisotopic (exact) mass is 322 g/mol. The van der Waals surface area contributed by atoms with Crippen LogP contribution >= 0.6 is 0 Å². The van der Waals surface area contributed by atoms with Crippen LogP contribution in [0.15, 0.2) is 18.3 Å². The van der Waals surface area contributed by atoms with E-state index in [4.69, 9.17) is 4.74 Å². The molecule has 0 bridgehead atoms. The average molecular weight is 322 g/mol. The fourth-order valence-electron chi connectivity index (χ4n) is 1.87. The van der Waals surface area contributed by atoms with E-state index in [9.17, 15) is 14.4 Å². The van der Waals surface area contributed by atoms with Crippen molar-refractivity contribution in [3.05, 3.63) is 29.6 Å². The molecule has 1 atom stereocenters. The van der Waals surface area contributed by atoms with Crippen LogP contribution < -0.4 is 5.32 Å². The first-order chi connectivity index (χ1) is 10.8. The standard InChI is InChI=1S/C16H22N2O5/c1-10(2)7-13(16(21)22-4)18-14(19)9-23-15(20)12-6-5-11(3)17-8-12/h5-6,8,10,13H,7,9H2,1-4H3,(H,18,19). The Kier molecular flexibility index (Phi) is 7.18. The molecule has 23 heavy (non-hydrogen) atoms. The van der Waals surface area contributed by atoms with E-state index in [0.29, 0.717) is 6.42 Å². The molecule has 1 rings (SSSR count). The Morgan fingerprint density at radius 2 is 1.96 bits per heavy atom. The molecule has 1 N–H and O–H groups in total. The number of aromatic nitrogens is 1. The lowest BCUT2D eigenvalue weighted by Crippen LogP contribution is -2.44. The Balaban J connectivity index is 2.52. The molecule has 0 fully saturated rings. The molecule has 1 heterocycles. The van der Waals surface area contributed by atoms with Crippen molar-refractivity contribution < 1.29 is 23.9 Å². The molecule has 0 spiro atoms. The van der Waals surface area contributed by atoms with Crippen molar-refractivity contribution in [3.8, 4) is 0 Å². The molecule has 1 unspecified atom stereocenters. The van der Waals surface area contributed by atoms with Crippen LogP contribution in [0, 0.1) is 12.8 Å². The highest BCUT2D eigenvalue weighted by Crippen LogP contribution is 2.06. The van der Waals surface area contributed by atoms with Gasteiger partial charge in [-0.3, -0.25) is 9.78 Å². The number of nitrogens with zero attached hydrogens (tertiary/aromatic N) is 1. The van der Waals surface area contributed by atoms with Gasteiger partial charge in [-0.2, -0.15) is 0 Å². The van der Waals surface area contributed by atoms with Crippen LogP contribution in [0.4, 0.5) is 0 Å². The van der Waals surface area contributed by atoms with Gasteiger partial charge in [-0.15, -0.1) is 0 Å². The van der Waals surface area contributed by atoms with Crippen molar-refractivity contribution in [3.63, 3.8) is 0 Å². The Labute approximate surface area is 135 Å². The maximum atomic E-state index is 11.8. The third kappa shape index (κ3) is 6.46. The third-order valence-electron chi connectivity index (χ3n) is 3.01. The summed E-state index contributed by atoms with van der Waals surface area (Å²) in [5.74, 6) is -1.54. The molecule has 0 aliphatic rings. The van der Waals surface area contributed by atoms with E-state index in [-0.39, 0.29) is 11.5 Å². The number of esters is 2. The van der Waals surface area contributed by atoms with Gasteiger partial charge in [0.2, 0.25) is 0 Å². The first-order valence-corrected chi connectivity index (χ1v) is 7.30. The molecule has 7 nitrogen and oxygen atoms in total. The lowest BCUT2D eigenvalue weighted by atomic mass is 10.0. The lowest BCUT2D eigenvalue weighted by Gasteiger charge is -2.18. The zero-order chi connectivity index (χ0) is 17.4. The summed E-state index contributed by atoms with van der Waals surface area (Å²) in [6.07, 6.45) is 1.82. The molecule has 126 valence electrons. The summed E-state index contributed by atoms with van der Waals surface area (Å²) in [4.78, 5) is 39.2. The van der Waals surface area contributed by atoms with Gasteiger partial charge in [0, 0.05) is 11.9 Å². The van der Waals surface area contributed by atoms with E-state index >= 15 is 0 Å². The first kappa shape index (κ1) is 18.6. The van der Waals surface area contributed by atoms with Crippen LogP contribution in [0.2, 0.25) is 0 Å². The Morgan fingerprint density at radius 3 is 2.48 bits per heavy atom. The van der Waals surface area contributed by atoms with Gasteiger partial charge in [-0.25, -0.2) is 9.59 Å². The minimum absolute atomic E-state index is 0.195. The summed E-state index contributed by atoms with van der Waals surface area (Å²) in [7, 11) is 1.26. The normalized spacial score (nSPS) is 11.7. The van der Waals surface area contributed by atoms with Crippen LogP contribution in [-0.4, -0.2) is 42.6 Å². The molecule has 1 aromatic rings. The number of amides is 1. The molecule has 1 aromatic heterocycles. The van der Waals surface area contributed by atoms with Crippen LogP contribution in [0.5, 0.6) is 0 Å². The lowest BCUT2D eigenvalue weighted by molar-refractivity contribution is -0.145.